The average Bonchev–Trinajstić information content (AvgIpc) is 3.70. The number of fused-ring (bicyclic) bond motifs is 1. The molecule has 1 aliphatic heterocycles. The summed E-state index contributed by atoms with van der Waals surface area (Å²) >= 11 is 0. The number of anilines is 1. The molecule has 0 saturated heterocycles. The molecule has 8 heteroatoms. The maximum atomic E-state index is 13.9. The fraction of sp³-hybridized carbons (Fsp3) is 0.500. The number of rotatable bonds is 5. The molecule has 2 aliphatic rings. The van der Waals surface area contributed by atoms with Crippen LogP contribution in [0.25, 0.3) is 0 Å². The predicted molar refractivity (Wildman–Crippen MR) is 136 cm³/mol. The third-order valence-corrected chi connectivity index (χ3v) is 7.07. The van der Waals surface area contributed by atoms with Gasteiger partial charge in [-0.3, -0.25) is 14.5 Å². The molecule has 4 rings (SSSR count). The van der Waals surface area contributed by atoms with Crippen molar-refractivity contribution in [3.63, 3.8) is 0 Å². The summed E-state index contributed by atoms with van der Waals surface area (Å²) in [7, 11) is 3.42. The largest absolute Gasteiger partial charge is 0.491 e. The van der Waals surface area contributed by atoms with Crippen molar-refractivity contribution in [2.45, 2.75) is 45.4 Å². The van der Waals surface area contributed by atoms with Crippen molar-refractivity contribution >= 4 is 17.5 Å². The Kier molecular flexibility index (Phi) is 8.26. The molecule has 2 aromatic rings. The number of halogens is 1. The third kappa shape index (κ3) is 6.42. The molecule has 1 fully saturated rings. The summed E-state index contributed by atoms with van der Waals surface area (Å²) in [6, 6.07) is 11.8. The van der Waals surface area contributed by atoms with E-state index in [0.717, 1.165) is 18.4 Å². The summed E-state index contributed by atoms with van der Waals surface area (Å²) in [5.41, 5.74) is 1.93. The van der Waals surface area contributed by atoms with Crippen LogP contribution < -0.4 is 10.1 Å². The summed E-state index contributed by atoms with van der Waals surface area (Å²) in [6.07, 6.45) is 1.64. The quantitative estimate of drug-likeness (QED) is 0.671. The first kappa shape index (κ1) is 26.1. The fourth-order valence-electron chi connectivity index (χ4n) is 4.60. The monoisotopic (exact) mass is 497 g/mol. The molecule has 194 valence electrons. The average molecular weight is 498 g/mol. The van der Waals surface area contributed by atoms with Crippen LogP contribution in [-0.2, 0) is 16.1 Å². The second kappa shape index (κ2) is 11.4. The smallest absolute Gasteiger partial charge is 0.257 e. The summed E-state index contributed by atoms with van der Waals surface area (Å²) in [5.74, 6) is 0.190. The molecule has 1 saturated carbocycles. The van der Waals surface area contributed by atoms with E-state index in [2.05, 4.69) is 24.1 Å². The van der Waals surface area contributed by atoms with Crippen LogP contribution in [0.4, 0.5) is 10.1 Å². The Labute approximate surface area is 212 Å². The molecule has 1 aliphatic carbocycles. The summed E-state index contributed by atoms with van der Waals surface area (Å²) in [5, 5.41) is 2.94. The van der Waals surface area contributed by atoms with Crippen molar-refractivity contribution in [2.24, 2.45) is 11.8 Å². The van der Waals surface area contributed by atoms with Gasteiger partial charge >= 0.3 is 0 Å². The molecule has 0 spiro atoms. The van der Waals surface area contributed by atoms with E-state index >= 15 is 0 Å². The van der Waals surface area contributed by atoms with E-state index in [1.807, 2.05) is 6.07 Å². The van der Waals surface area contributed by atoms with Crippen LogP contribution in [0.15, 0.2) is 42.5 Å². The van der Waals surface area contributed by atoms with Gasteiger partial charge in [-0.15, -0.1) is 0 Å². The van der Waals surface area contributed by atoms with Crippen LogP contribution >= 0.6 is 0 Å². The minimum Gasteiger partial charge on any atom is -0.491 e. The Hall–Kier alpha value is -2.97. The highest BCUT2D eigenvalue weighted by atomic mass is 19.1. The van der Waals surface area contributed by atoms with Crippen molar-refractivity contribution in [2.75, 3.05) is 39.2 Å². The molecular weight excluding hydrogens is 461 g/mol. The highest BCUT2D eigenvalue weighted by Crippen LogP contribution is 2.32. The molecule has 0 bridgehead atoms. The Morgan fingerprint density at radius 1 is 1.17 bits per heavy atom. The standard InChI is InChI=1S/C28H36FN3O4/c1-18-14-32(15-20-6-5-7-22(29)12-20)19(2)17-36-25-13-23(30-27(33)21-8-9-21)10-11-24(25)28(34)31(3)16-26(18)35-4/h5-7,10-13,18-19,21,26H,8-9,14-17H2,1-4H3,(H,30,33)/t18-,19+,26+/m1/s1. The van der Waals surface area contributed by atoms with Gasteiger partial charge < -0.3 is 19.7 Å². The van der Waals surface area contributed by atoms with E-state index in [9.17, 15) is 14.0 Å². The first-order valence-electron chi connectivity index (χ1n) is 12.6. The fourth-order valence-corrected chi connectivity index (χ4v) is 4.60. The SMILES string of the molecule is CO[C@H]1CN(C)C(=O)c2ccc(NC(=O)C3CC3)cc2OC[C@H](C)N(Cc2cccc(F)c2)C[C@H]1C. The Morgan fingerprint density at radius 2 is 1.94 bits per heavy atom. The van der Waals surface area contributed by atoms with Gasteiger partial charge in [-0.25, -0.2) is 4.39 Å². The lowest BCUT2D eigenvalue weighted by Crippen LogP contribution is -2.46. The summed E-state index contributed by atoms with van der Waals surface area (Å²) in [4.78, 5) is 29.5. The van der Waals surface area contributed by atoms with E-state index in [1.54, 1.807) is 49.4 Å². The number of nitrogens with zero attached hydrogens (tertiary/aromatic N) is 2. The predicted octanol–water partition coefficient (Wildman–Crippen LogP) is 4.18. The molecule has 0 aromatic heterocycles. The normalized spacial score (nSPS) is 23.8. The lowest BCUT2D eigenvalue weighted by atomic mass is 10.0. The molecule has 0 radical (unpaired) electrons. The van der Waals surface area contributed by atoms with Gasteiger partial charge in [0.1, 0.15) is 18.2 Å². The van der Waals surface area contributed by atoms with Gasteiger partial charge in [0.05, 0.1) is 11.7 Å². The Morgan fingerprint density at radius 3 is 2.64 bits per heavy atom. The molecular formula is C28H36FN3O4. The number of benzene rings is 2. The van der Waals surface area contributed by atoms with Crippen molar-refractivity contribution in [3.05, 3.63) is 59.4 Å². The number of hydrogen-bond acceptors (Lipinski definition) is 5. The molecule has 1 heterocycles. The van der Waals surface area contributed by atoms with E-state index in [4.69, 9.17) is 9.47 Å². The summed E-state index contributed by atoms with van der Waals surface area (Å²) in [6.45, 7) is 6.15. The minimum atomic E-state index is -0.261. The van der Waals surface area contributed by atoms with Crippen LogP contribution in [0.3, 0.4) is 0 Å². The lowest BCUT2D eigenvalue weighted by Gasteiger charge is -2.36. The lowest BCUT2D eigenvalue weighted by molar-refractivity contribution is -0.117. The van der Waals surface area contributed by atoms with Crippen LogP contribution in [0.1, 0.15) is 42.6 Å². The molecule has 2 aromatic carbocycles. The zero-order chi connectivity index (χ0) is 25.8. The van der Waals surface area contributed by atoms with Gasteiger partial charge in [-0.2, -0.15) is 0 Å². The van der Waals surface area contributed by atoms with Gasteiger partial charge in [0, 0.05) is 57.5 Å². The zero-order valence-corrected chi connectivity index (χ0v) is 21.5. The van der Waals surface area contributed by atoms with Gasteiger partial charge in [-0.05, 0) is 55.5 Å². The third-order valence-electron chi connectivity index (χ3n) is 7.07. The van der Waals surface area contributed by atoms with E-state index in [1.165, 1.54) is 6.07 Å². The molecule has 7 nitrogen and oxygen atoms in total. The van der Waals surface area contributed by atoms with Crippen LogP contribution in [-0.4, -0.2) is 67.6 Å². The van der Waals surface area contributed by atoms with Crippen LogP contribution in [0.2, 0.25) is 0 Å². The molecule has 2 amide bonds. The highest BCUT2D eigenvalue weighted by molar-refractivity contribution is 5.99. The van der Waals surface area contributed by atoms with Gasteiger partial charge in [-0.1, -0.05) is 19.1 Å². The molecule has 36 heavy (non-hydrogen) atoms. The first-order valence-corrected chi connectivity index (χ1v) is 12.6. The van der Waals surface area contributed by atoms with Crippen molar-refractivity contribution in [1.82, 2.24) is 9.80 Å². The number of amides is 2. The van der Waals surface area contributed by atoms with Gasteiger partial charge in [0.2, 0.25) is 5.91 Å². The zero-order valence-electron chi connectivity index (χ0n) is 21.5. The number of carbonyl (C=O) groups is 2. The minimum absolute atomic E-state index is 0.00175. The van der Waals surface area contributed by atoms with Crippen molar-refractivity contribution in [1.29, 1.82) is 0 Å². The molecule has 1 N–H and O–H groups in total. The van der Waals surface area contributed by atoms with E-state index < -0.39 is 0 Å². The number of methoxy groups -OCH3 is 1. The van der Waals surface area contributed by atoms with Gasteiger partial charge in [0.15, 0.2) is 0 Å². The Balaban J connectivity index is 1.62. The highest BCUT2D eigenvalue weighted by Gasteiger charge is 2.31. The number of hydrogen-bond donors (Lipinski definition) is 1. The first-order chi connectivity index (χ1) is 17.2. The van der Waals surface area contributed by atoms with E-state index in [0.29, 0.717) is 43.2 Å². The number of likely N-dealkylation sites (N-methyl/N-ethyl adjacent to an activating group) is 1. The molecule has 0 unspecified atom stereocenters. The molecule has 3 atom stereocenters. The second-order valence-corrected chi connectivity index (χ2v) is 10.1. The van der Waals surface area contributed by atoms with Crippen LogP contribution in [0, 0.1) is 17.7 Å². The number of ether oxygens (including phenoxy) is 2. The van der Waals surface area contributed by atoms with E-state index in [-0.39, 0.29) is 41.6 Å². The Bertz CT molecular complexity index is 1090. The van der Waals surface area contributed by atoms with Crippen LogP contribution in [0.5, 0.6) is 5.75 Å². The summed E-state index contributed by atoms with van der Waals surface area (Å²) < 4.78 is 25.9. The maximum absolute atomic E-state index is 13.9. The van der Waals surface area contributed by atoms with Crippen molar-refractivity contribution in [3.8, 4) is 5.75 Å². The number of carbonyl (C=O) groups excluding carboxylic acids is 2. The maximum Gasteiger partial charge on any atom is 0.257 e. The number of nitrogens with one attached hydrogen (secondary N) is 1. The second-order valence-electron chi connectivity index (χ2n) is 10.1. The van der Waals surface area contributed by atoms with Gasteiger partial charge in [0.25, 0.3) is 5.91 Å². The topological polar surface area (TPSA) is 71.1 Å². The van der Waals surface area contributed by atoms with Crippen molar-refractivity contribution < 1.29 is 23.5 Å².